The monoisotopic (exact) mass is 392 g/mol. The van der Waals surface area contributed by atoms with Gasteiger partial charge in [-0.1, -0.05) is 0 Å². The van der Waals surface area contributed by atoms with Crippen molar-refractivity contribution in [2.75, 3.05) is 23.3 Å². The molecule has 1 aromatic carbocycles. The third-order valence-corrected chi connectivity index (χ3v) is 5.24. The highest BCUT2D eigenvalue weighted by Crippen LogP contribution is 2.33. The Hall–Kier alpha value is -3.35. The number of fused-ring (bicyclic) bond motifs is 1. The van der Waals surface area contributed by atoms with E-state index in [4.69, 9.17) is 4.42 Å². The molecule has 1 aliphatic heterocycles. The molecule has 3 aromatic rings. The standard InChI is InChI=1S/C22H24N4O3/c1-15(24-22(28)20-6-5-13-29-20)21(27)25-18-7-8-19(26-11-3-2-4-12-26)16-9-10-23-14-17(16)18/h5-10,13-15H,2-4,11-12H2,1H3,(H,24,28)(H,25,27)/t15-/m1/s1. The zero-order valence-corrected chi connectivity index (χ0v) is 16.4. The quantitative estimate of drug-likeness (QED) is 0.693. The first-order valence-corrected chi connectivity index (χ1v) is 9.90. The molecular formula is C22H24N4O3. The van der Waals surface area contributed by atoms with E-state index in [2.05, 4.69) is 26.6 Å². The van der Waals surface area contributed by atoms with Gasteiger partial charge in [0.05, 0.1) is 12.0 Å². The van der Waals surface area contributed by atoms with Crippen LogP contribution in [0.3, 0.4) is 0 Å². The number of hydrogen-bond donors (Lipinski definition) is 2. The summed E-state index contributed by atoms with van der Waals surface area (Å²) in [4.78, 5) is 31.4. The van der Waals surface area contributed by atoms with Crippen LogP contribution in [0.4, 0.5) is 11.4 Å². The van der Waals surface area contributed by atoms with Crippen LogP contribution < -0.4 is 15.5 Å². The Morgan fingerprint density at radius 2 is 1.93 bits per heavy atom. The summed E-state index contributed by atoms with van der Waals surface area (Å²) in [6.07, 6.45) is 8.61. The molecule has 0 unspecified atom stereocenters. The van der Waals surface area contributed by atoms with E-state index in [0.717, 1.165) is 23.9 Å². The van der Waals surface area contributed by atoms with Gasteiger partial charge in [0.15, 0.2) is 5.76 Å². The molecule has 0 bridgehead atoms. The number of furan rings is 1. The highest BCUT2D eigenvalue weighted by atomic mass is 16.3. The summed E-state index contributed by atoms with van der Waals surface area (Å²) in [6.45, 7) is 3.72. The molecule has 29 heavy (non-hydrogen) atoms. The van der Waals surface area contributed by atoms with Gasteiger partial charge in [-0.2, -0.15) is 0 Å². The molecule has 1 fully saturated rings. The van der Waals surface area contributed by atoms with Gasteiger partial charge in [0.2, 0.25) is 5.91 Å². The molecule has 2 amide bonds. The second-order valence-electron chi connectivity index (χ2n) is 7.26. The largest absolute Gasteiger partial charge is 0.459 e. The van der Waals surface area contributed by atoms with E-state index in [0.29, 0.717) is 5.69 Å². The van der Waals surface area contributed by atoms with Gasteiger partial charge in [-0.05, 0) is 56.5 Å². The van der Waals surface area contributed by atoms with Crippen LogP contribution in [0.2, 0.25) is 0 Å². The Morgan fingerprint density at radius 3 is 2.69 bits per heavy atom. The number of piperidine rings is 1. The maximum Gasteiger partial charge on any atom is 0.287 e. The number of pyridine rings is 1. The summed E-state index contributed by atoms with van der Waals surface area (Å²) in [5.41, 5.74) is 1.84. The lowest BCUT2D eigenvalue weighted by Gasteiger charge is -2.30. The summed E-state index contributed by atoms with van der Waals surface area (Å²) >= 11 is 0. The van der Waals surface area contributed by atoms with Crippen LogP contribution in [0, 0.1) is 0 Å². The smallest absolute Gasteiger partial charge is 0.287 e. The molecule has 1 saturated heterocycles. The predicted octanol–water partition coefficient (Wildman–Crippen LogP) is 3.58. The second kappa shape index (κ2) is 8.34. The molecule has 1 atom stereocenters. The van der Waals surface area contributed by atoms with Crippen molar-refractivity contribution in [2.45, 2.75) is 32.2 Å². The van der Waals surface area contributed by atoms with Crippen LogP contribution in [0.15, 0.2) is 53.4 Å². The van der Waals surface area contributed by atoms with Crippen molar-refractivity contribution in [1.82, 2.24) is 10.3 Å². The normalized spacial score (nSPS) is 15.1. The van der Waals surface area contributed by atoms with Gasteiger partial charge in [-0.3, -0.25) is 14.6 Å². The van der Waals surface area contributed by atoms with E-state index in [9.17, 15) is 9.59 Å². The number of nitrogens with zero attached hydrogens (tertiary/aromatic N) is 2. The first-order valence-electron chi connectivity index (χ1n) is 9.90. The highest BCUT2D eigenvalue weighted by molar-refractivity contribution is 6.08. The average molecular weight is 392 g/mol. The van der Waals surface area contributed by atoms with Crippen LogP contribution in [-0.2, 0) is 4.79 Å². The lowest BCUT2D eigenvalue weighted by molar-refractivity contribution is -0.117. The van der Waals surface area contributed by atoms with Gasteiger partial charge >= 0.3 is 0 Å². The highest BCUT2D eigenvalue weighted by Gasteiger charge is 2.20. The van der Waals surface area contributed by atoms with Crippen molar-refractivity contribution in [3.05, 3.63) is 54.7 Å². The summed E-state index contributed by atoms with van der Waals surface area (Å²) in [6, 6.07) is 8.40. The van der Waals surface area contributed by atoms with Crippen molar-refractivity contribution in [3.63, 3.8) is 0 Å². The number of carbonyl (C=O) groups is 2. The molecule has 0 spiro atoms. The van der Waals surface area contributed by atoms with E-state index in [1.807, 2.05) is 12.1 Å². The number of benzene rings is 1. The first-order chi connectivity index (χ1) is 14.1. The molecular weight excluding hydrogens is 368 g/mol. The molecule has 4 rings (SSSR count). The van der Waals surface area contributed by atoms with Gasteiger partial charge in [0.1, 0.15) is 6.04 Å². The summed E-state index contributed by atoms with van der Waals surface area (Å²) < 4.78 is 5.07. The lowest BCUT2D eigenvalue weighted by atomic mass is 10.0. The zero-order valence-electron chi connectivity index (χ0n) is 16.4. The van der Waals surface area contributed by atoms with Crippen LogP contribution in [-0.4, -0.2) is 35.9 Å². The van der Waals surface area contributed by atoms with Crippen molar-refractivity contribution in [2.24, 2.45) is 0 Å². The topological polar surface area (TPSA) is 87.5 Å². The average Bonchev–Trinajstić information content (AvgIpc) is 3.29. The van der Waals surface area contributed by atoms with Gasteiger partial charge in [-0.25, -0.2) is 0 Å². The van der Waals surface area contributed by atoms with Crippen LogP contribution in [0.25, 0.3) is 10.8 Å². The molecule has 2 N–H and O–H groups in total. The number of amides is 2. The van der Waals surface area contributed by atoms with Gasteiger partial charge in [-0.15, -0.1) is 0 Å². The molecule has 7 heteroatoms. The molecule has 3 heterocycles. The van der Waals surface area contributed by atoms with Gasteiger partial charge in [0.25, 0.3) is 5.91 Å². The van der Waals surface area contributed by atoms with E-state index in [-0.39, 0.29) is 11.7 Å². The molecule has 0 aliphatic carbocycles. The van der Waals surface area contributed by atoms with E-state index < -0.39 is 11.9 Å². The maximum absolute atomic E-state index is 12.7. The van der Waals surface area contributed by atoms with Gasteiger partial charge < -0.3 is 20.0 Å². The van der Waals surface area contributed by atoms with Crippen molar-refractivity contribution in [1.29, 1.82) is 0 Å². The molecule has 2 aromatic heterocycles. The minimum atomic E-state index is -0.721. The number of anilines is 2. The van der Waals surface area contributed by atoms with Crippen LogP contribution in [0.1, 0.15) is 36.7 Å². The summed E-state index contributed by atoms with van der Waals surface area (Å²) in [5, 5.41) is 7.51. The maximum atomic E-state index is 12.7. The Kier molecular flexibility index (Phi) is 5.46. The third kappa shape index (κ3) is 4.08. The second-order valence-corrected chi connectivity index (χ2v) is 7.26. The molecule has 150 valence electrons. The summed E-state index contributed by atoms with van der Waals surface area (Å²) in [5.74, 6) is -0.560. The number of aromatic nitrogens is 1. The number of nitrogens with one attached hydrogen (secondary N) is 2. The zero-order chi connectivity index (χ0) is 20.2. The third-order valence-electron chi connectivity index (χ3n) is 5.24. The molecule has 1 aliphatic rings. The molecule has 7 nitrogen and oxygen atoms in total. The Morgan fingerprint density at radius 1 is 1.10 bits per heavy atom. The van der Waals surface area contributed by atoms with Crippen molar-refractivity contribution >= 4 is 34.0 Å². The number of rotatable bonds is 5. The minimum absolute atomic E-state index is 0.171. The van der Waals surface area contributed by atoms with Crippen molar-refractivity contribution < 1.29 is 14.0 Å². The SMILES string of the molecule is C[C@@H](NC(=O)c1ccco1)C(=O)Nc1ccc(N2CCCCC2)c2ccncc12. The van der Waals surface area contributed by atoms with Crippen molar-refractivity contribution in [3.8, 4) is 0 Å². The molecule has 0 saturated carbocycles. The fourth-order valence-corrected chi connectivity index (χ4v) is 3.68. The number of hydrogen-bond acceptors (Lipinski definition) is 5. The van der Waals surface area contributed by atoms with E-state index in [1.165, 1.54) is 31.2 Å². The predicted molar refractivity (Wildman–Crippen MR) is 112 cm³/mol. The van der Waals surface area contributed by atoms with E-state index in [1.54, 1.807) is 31.5 Å². The molecule has 0 radical (unpaired) electrons. The summed E-state index contributed by atoms with van der Waals surface area (Å²) in [7, 11) is 0. The number of carbonyl (C=O) groups excluding carboxylic acids is 2. The van der Waals surface area contributed by atoms with Crippen LogP contribution >= 0.6 is 0 Å². The fraction of sp³-hybridized carbons (Fsp3) is 0.318. The minimum Gasteiger partial charge on any atom is -0.459 e. The Bertz CT molecular complexity index is 1010. The van der Waals surface area contributed by atoms with Crippen LogP contribution in [0.5, 0.6) is 0 Å². The Labute approximate surface area is 169 Å². The van der Waals surface area contributed by atoms with Gasteiger partial charge in [0, 0.05) is 41.9 Å². The van der Waals surface area contributed by atoms with E-state index >= 15 is 0 Å². The fourth-order valence-electron chi connectivity index (χ4n) is 3.68. The Balaban J connectivity index is 1.53. The lowest BCUT2D eigenvalue weighted by Crippen LogP contribution is -2.41. The first kappa shape index (κ1) is 19.0.